The molecule has 2 rings (SSSR count). The van der Waals surface area contributed by atoms with Gasteiger partial charge in [0.1, 0.15) is 17.9 Å². The Hall–Kier alpha value is -1.82. The van der Waals surface area contributed by atoms with E-state index in [0.29, 0.717) is 11.4 Å². The fourth-order valence-corrected chi connectivity index (χ4v) is 1.76. The molecule has 1 N–H and O–H groups in total. The number of benzene rings is 1. The van der Waals surface area contributed by atoms with Crippen LogP contribution in [0, 0.1) is 0 Å². The third-order valence-electron chi connectivity index (χ3n) is 2.48. The van der Waals surface area contributed by atoms with Crippen molar-refractivity contribution < 1.29 is 14.6 Å². The number of hydrogen-bond acceptors (Lipinski definition) is 3. The maximum absolute atomic E-state index is 11.0. The number of aromatic nitrogens is 2. The third-order valence-corrected chi connectivity index (χ3v) is 3.01. The van der Waals surface area contributed by atoms with Crippen LogP contribution in [-0.2, 0) is 13.7 Å². The minimum atomic E-state index is -1.00. The Balaban J connectivity index is 2.12. The number of ether oxygens (including phenoxy) is 1. The molecule has 5 nitrogen and oxygen atoms in total. The summed E-state index contributed by atoms with van der Waals surface area (Å²) in [6.45, 7) is 0.166. The normalized spacial score (nSPS) is 10.3. The Morgan fingerprint density at radius 3 is 2.72 bits per heavy atom. The summed E-state index contributed by atoms with van der Waals surface area (Å²) in [5, 5.41) is 12.9. The van der Waals surface area contributed by atoms with Crippen molar-refractivity contribution in [1.82, 2.24) is 9.78 Å². The van der Waals surface area contributed by atoms with Gasteiger partial charge in [-0.25, -0.2) is 4.79 Å². The van der Waals surface area contributed by atoms with Crippen LogP contribution < -0.4 is 4.74 Å². The number of carboxylic acid groups (broad SMARTS) is 1. The predicted octanol–water partition coefficient (Wildman–Crippen LogP) is 2.46. The van der Waals surface area contributed by atoms with E-state index >= 15 is 0 Å². The first kappa shape index (κ1) is 12.6. The molecule has 0 unspecified atom stereocenters. The molecule has 0 aliphatic carbocycles. The lowest BCUT2D eigenvalue weighted by atomic mass is 10.2. The quantitative estimate of drug-likeness (QED) is 0.942. The van der Waals surface area contributed by atoms with Crippen LogP contribution in [-0.4, -0.2) is 20.9 Å². The van der Waals surface area contributed by atoms with Crippen LogP contribution in [0.2, 0.25) is 0 Å². The van der Waals surface area contributed by atoms with E-state index in [4.69, 9.17) is 9.84 Å². The minimum absolute atomic E-state index is 0.162. The molecule has 1 heterocycles. The molecular formula is C12H11BrN2O3. The van der Waals surface area contributed by atoms with Crippen molar-refractivity contribution in [3.8, 4) is 5.75 Å². The molecule has 0 bridgehead atoms. The van der Waals surface area contributed by atoms with E-state index in [1.54, 1.807) is 19.2 Å². The standard InChI is InChI=1S/C12H11BrN2O3/c1-15-11(10(6-14-15)12(16)17)7-18-9-4-2-8(13)3-5-9/h2-6H,7H2,1H3,(H,16,17). The number of carboxylic acids is 1. The molecule has 0 aliphatic rings. The maximum atomic E-state index is 11.0. The van der Waals surface area contributed by atoms with Crippen molar-refractivity contribution in [2.24, 2.45) is 7.05 Å². The number of hydrogen-bond donors (Lipinski definition) is 1. The van der Waals surface area contributed by atoms with E-state index in [1.807, 2.05) is 12.1 Å². The van der Waals surface area contributed by atoms with Gasteiger partial charge in [-0.05, 0) is 24.3 Å². The first-order chi connectivity index (χ1) is 8.58. The van der Waals surface area contributed by atoms with Gasteiger partial charge in [-0.2, -0.15) is 5.10 Å². The van der Waals surface area contributed by atoms with E-state index < -0.39 is 5.97 Å². The molecule has 2 aromatic rings. The first-order valence-electron chi connectivity index (χ1n) is 5.20. The molecule has 0 saturated heterocycles. The van der Waals surface area contributed by atoms with Gasteiger partial charge < -0.3 is 9.84 Å². The summed E-state index contributed by atoms with van der Waals surface area (Å²) >= 11 is 3.33. The molecule has 0 aliphatic heterocycles. The molecule has 0 saturated carbocycles. The molecule has 0 spiro atoms. The molecule has 94 valence electrons. The van der Waals surface area contributed by atoms with Crippen molar-refractivity contribution in [2.75, 3.05) is 0 Å². The molecule has 0 radical (unpaired) electrons. The van der Waals surface area contributed by atoms with Crippen LogP contribution in [0.5, 0.6) is 5.75 Å². The Kier molecular flexibility index (Phi) is 3.66. The summed E-state index contributed by atoms with van der Waals surface area (Å²) in [5.41, 5.74) is 0.694. The van der Waals surface area contributed by atoms with E-state index in [9.17, 15) is 4.79 Å². The molecule has 1 aromatic carbocycles. The van der Waals surface area contributed by atoms with Crippen molar-refractivity contribution in [3.63, 3.8) is 0 Å². The van der Waals surface area contributed by atoms with Crippen LogP contribution in [0.4, 0.5) is 0 Å². The smallest absolute Gasteiger partial charge is 0.339 e. The van der Waals surface area contributed by atoms with Gasteiger partial charge in [0, 0.05) is 11.5 Å². The fraction of sp³-hybridized carbons (Fsp3) is 0.167. The monoisotopic (exact) mass is 310 g/mol. The van der Waals surface area contributed by atoms with Gasteiger partial charge >= 0.3 is 5.97 Å². The van der Waals surface area contributed by atoms with Crippen molar-refractivity contribution in [1.29, 1.82) is 0 Å². The third kappa shape index (κ3) is 2.70. The average Bonchev–Trinajstić information content (AvgIpc) is 2.70. The average molecular weight is 311 g/mol. The second-order valence-electron chi connectivity index (χ2n) is 3.68. The van der Waals surface area contributed by atoms with Gasteiger partial charge in [0.05, 0.1) is 11.9 Å². The summed E-state index contributed by atoms with van der Waals surface area (Å²) in [6.07, 6.45) is 1.32. The van der Waals surface area contributed by atoms with Crippen molar-refractivity contribution >= 4 is 21.9 Å². The van der Waals surface area contributed by atoms with Gasteiger partial charge in [0.15, 0.2) is 0 Å². The van der Waals surface area contributed by atoms with E-state index in [2.05, 4.69) is 21.0 Å². The minimum Gasteiger partial charge on any atom is -0.487 e. The Labute approximate surface area is 112 Å². The number of nitrogens with zero attached hydrogens (tertiary/aromatic N) is 2. The molecule has 0 atom stereocenters. The summed E-state index contributed by atoms with van der Waals surface area (Å²) in [4.78, 5) is 11.0. The van der Waals surface area contributed by atoms with Crippen LogP contribution >= 0.6 is 15.9 Å². The van der Waals surface area contributed by atoms with Gasteiger partial charge in [-0.3, -0.25) is 4.68 Å². The highest BCUT2D eigenvalue weighted by Crippen LogP contribution is 2.18. The van der Waals surface area contributed by atoms with E-state index in [1.165, 1.54) is 10.9 Å². The molecule has 6 heteroatoms. The number of aryl methyl sites for hydroxylation is 1. The summed E-state index contributed by atoms with van der Waals surface area (Å²) in [7, 11) is 1.69. The van der Waals surface area contributed by atoms with Gasteiger partial charge in [-0.15, -0.1) is 0 Å². The fourth-order valence-electron chi connectivity index (χ4n) is 1.50. The molecule has 0 amide bonds. The van der Waals surface area contributed by atoms with Crippen molar-refractivity contribution in [3.05, 3.63) is 46.2 Å². The lowest BCUT2D eigenvalue weighted by molar-refractivity contribution is 0.0693. The lowest BCUT2D eigenvalue weighted by Gasteiger charge is -2.07. The Morgan fingerprint density at radius 2 is 2.11 bits per heavy atom. The highest BCUT2D eigenvalue weighted by Gasteiger charge is 2.15. The summed E-state index contributed by atoms with van der Waals surface area (Å²) in [6, 6.07) is 7.33. The Morgan fingerprint density at radius 1 is 1.44 bits per heavy atom. The highest BCUT2D eigenvalue weighted by atomic mass is 79.9. The zero-order valence-corrected chi connectivity index (χ0v) is 11.2. The zero-order valence-electron chi connectivity index (χ0n) is 9.63. The molecule has 0 fully saturated rings. The predicted molar refractivity (Wildman–Crippen MR) is 68.6 cm³/mol. The van der Waals surface area contributed by atoms with E-state index in [-0.39, 0.29) is 12.2 Å². The number of aromatic carboxylic acids is 1. The number of halogens is 1. The lowest BCUT2D eigenvalue weighted by Crippen LogP contribution is -2.08. The highest BCUT2D eigenvalue weighted by molar-refractivity contribution is 9.10. The topological polar surface area (TPSA) is 64.4 Å². The van der Waals surface area contributed by atoms with Gasteiger partial charge in [0.25, 0.3) is 0 Å². The SMILES string of the molecule is Cn1ncc(C(=O)O)c1COc1ccc(Br)cc1. The summed E-state index contributed by atoms with van der Waals surface area (Å²) < 4.78 is 7.99. The second-order valence-corrected chi connectivity index (χ2v) is 4.59. The summed E-state index contributed by atoms with van der Waals surface area (Å²) in [5.74, 6) is -0.326. The molecule has 18 heavy (non-hydrogen) atoms. The zero-order chi connectivity index (χ0) is 13.1. The first-order valence-corrected chi connectivity index (χ1v) is 6.00. The molecule has 1 aromatic heterocycles. The van der Waals surface area contributed by atoms with Gasteiger partial charge in [-0.1, -0.05) is 15.9 Å². The van der Waals surface area contributed by atoms with Gasteiger partial charge in [0.2, 0.25) is 0 Å². The number of carbonyl (C=O) groups is 1. The second kappa shape index (κ2) is 5.22. The van der Waals surface area contributed by atoms with Crippen LogP contribution in [0.3, 0.4) is 0 Å². The largest absolute Gasteiger partial charge is 0.487 e. The Bertz CT molecular complexity index is 563. The van der Waals surface area contributed by atoms with Crippen LogP contribution in [0.1, 0.15) is 16.1 Å². The van der Waals surface area contributed by atoms with E-state index in [0.717, 1.165) is 4.47 Å². The molecular weight excluding hydrogens is 300 g/mol. The maximum Gasteiger partial charge on any atom is 0.339 e. The number of rotatable bonds is 4. The van der Waals surface area contributed by atoms with Crippen LogP contribution in [0.25, 0.3) is 0 Å². The van der Waals surface area contributed by atoms with Crippen molar-refractivity contribution in [2.45, 2.75) is 6.61 Å². The van der Waals surface area contributed by atoms with Crippen LogP contribution in [0.15, 0.2) is 34.9 Å².